The van der Waals surface area contributed by atoms with Gasteiger partial charge in [-0.2, -0.15) is 0 Å². The van der Waals surface area contributed by atoms with Gasteiger partial charge in [-0.15, -0.1) is 0 Å². The quantitative estimate of drug-likeness (QED) is 0.604. The monoisotopic (exact) mass is 373 g/mol. The second kappa shape index (κ2) is 8.83. The van der Waals surface area contributed by atoms with Crippen LogP contribution in [0.25, 0.3) is 11.1 Å². The number of hydrogen-bond donors (Lipinski definition) is 2. The number of hydrogen-bond acceptors (Lipinski definition) is 3. The van der Waals surface area contributed by atoms with Crippen molar-refractivity contribution >= 4 is 0 Å². The van der Waals surface area contributed by atoms with Crippen LogP contribution in [0.2, 0.25) is 0 Å². The molecule has 27 heavy (non-hydrogen) atoms. The molecule has 0 spiro atoms. The number of benzene rings is 1. The molecule has 0 bridgehead atoms. The maximum absolute atomic E-state index is 13.6. The van der Waals surface area contributed by atoms with E-state index in [0.717, 1.165) is 53.4 Å². The molecule has 2 N–H and O–H groups in total. The molecule has 0 amide bonds. The third kappa shape index (κ3) is 4.49. The van der Waals surface area contributed by atoms with Crippen LogP contribution in [0, 0.1) is 5.82 Å². The Morgan fingerprint density at radius 2 is 1.67 bits per heavy atom. The van der Waals surface area contributed by atoms with Gasteiger partial charge in [-0.25, -0.2) is 4.39 Å². The van der Waals surface area contributed by atoms with Crippen molar-refractivity contribution in [1.29, 1.82) is 0 Å². The van der Waals surface area contributed by atoms with E-state index in [4.69, 9.17) is 4.98 Å². The van der Waals surface area contributed by atoms with Crippen molar-refractivity contribution in [3.8, 4) is 16.9 Å². The number of phenolic OH excluding ortho intramolecular Hbond substituents is 1. The third-order valence-electron chi connectivity index (χ3n) is 4.92. The Morgan fingerprint density at radius 3 is 2.15 bits per heavy atom. The van der Waals surface area contributed by atoms with Gasteiger partial charge >= 0.3 is 0 Å². The largest absolute Gasteiger partial charge is 0.507 e. The molecule has 0 fully saturated rings. The first-order valence-electron chi connectivity index (χ1n) is 9.92. The van der Waals surface area contributed by atoms with Gasteiger partial charge < -0.3 is 10.2 Å². The van der Waals surface area contributed by atoms with Gasteiger partial charge in [0.2, 0.25) is 0 Å². The Labute approximate surface area is 162 Å². The van der Waals surface area contributed by atoms with Crippen LogP contribution in [0.4, 0.5) is 4.39 Å². The lowest BCUT2D eigenvalue weighted by Crippen LogP contribution is -2.14. The van der Waals surface area contributed by atoms with Crippen molar-refractivity contribution < 1.29 is 14.6 Å². The molecule has 0 saturated carbocycles. The second-order valence-corrected chi connectivity index (χ2v) is 7.90. The van der Waals surface area contributed by atoms with Gasteiger partial charge in [0.25, 0.3) is 0 Å². The van der Waals surface area contributed by atoms with Gasteiger partial charge in [-0.3, -0.25) is 4.98 Å². The lowest BCUT2D eigenvalue weighted by molar-refractivity contribution is 0.197. The topological polar surface area (TPSA) is 53.4 Å². The summed E-state index contributed by atoms with van der Waals surface area (Å²) in [5.41, 5.74) is 5.00. The summed E-state index contributed by atoms with van der Waals surface area (Å²) < 4.78 is 13.6. The number of phenols is 1. The summed E-state index contributed by atoms with van der Waals surface area (Å²) in [6.45, 7) is 12.2. The first-order chi connectivity index (χ1) is 12.7. The highest BCUT2D eigenvalue weighted by molar-refractivity contribution is 5.78. The van der Waals surface area contributed by atoms with Gasteiger partial charge in [-0.05, 0) is 54.9 Å². The van der Waals surface area contributed by atoms with Crippen LogP contribution in [0.5, 0.6) is 5.75 Å². The SMILES string of the molecule is CCCCc1c(C(C)C)nc(C(C)C)c([C@H](C)O)c1-c1ccc(F)cc1O. The van der Waals surface area contributed by atoms with Gasteiger partial charge in [0.05, 0.1) is 6.10 Å². The summed E-state index contributed by atoms with van der Waals surface area (Å²) >= 11 is 0. The van der Waals surface area contributed by atoms with E-state index in [2.05, 4.69) is 34.6 Å². The summed E-state index contributed by atoms with van der Waals surface area (Å²) in [6.07, 6.45) is 2.08. The Morgan fingerprint density at radius 1 is 1.04 bits per heavy atom. The normalized spacial score (nSPS) is 12.8. The summed E-state index contributed by atoms with van der Waals surface area (Å²) in [6, 6.07) is 4.10. The van der Waals surface area contributed by atoms with E-state index in [1.807, 2.05) is 0 Å². The van der Waals surface area contributed by atoms with Crippen molar-refractivity contribution in [1.82, 2.24) is 4.98 Å². The number of pyridine rings is 1. The van der Waals surface area contributed by atoms with Gasteiger partial charge in [0.15, 0.2) is 0 Å². The molecule has 0 saturated heterocycles. The van der Waals surface area contributed by atoms with E-state index in [9.17, 15) is 14.6 Å². The molecule has 1 heterocycles. The summed E-state index contributed by atoms with van der Waals surface area (Å²) in [7, 11) is 0. The standard InChI is InChI=1S/C23H32FNO2/c1-7-8-9-18-21(17-11-10-16(24)12-19(17)27)20(15(6)26)23(14(4)5)25-22(18)13(2)3/h10-15,26-27H,7-9H2,1-6H3/t15-/m0/s1. The number of unbranched alkanes of at least 4 members (excludes halogenated alkanes) is 1. The molecule has 148 valence electrons. The van der Waals surface area contributed by atoms with Gasteiger partial charge in [0, 0.05) is 28.6 Å². The molecule has 0 radical (unpaired) electrons. The number of aromatic hydroxyl groups is 1. The first kappa shape index (κ1) is 21.4. The first-order valence-corrected chi connectivity index (χ1v) is 9.92. The molecule has 1 aromatic carbocycles. The lowest BCUT2D eigenvalue weighted by atomic mass is 9.83. The van der Waals surface area contributed by atoms with Crippen LogP contribution in [0.1, 0.15) is 94.8 Å². The highest BCUT2D eigenvalue weighted by Gasteiger charge is 2.27. The zero-order chi connectivity index (χ0) is 20.3. The average molecular weight is 374 g/mol. The predicted molar refractivity (Wildman–Crippen MR) is 109 cm³/mol. The average Bonchev–Trinajstić information content (AvgIpc) is 2.58. The minimum absolute atomic E-state index is 0.106. The van der Waals surface area contributed by atoms with Gasteiger partial charge in [0.1, 0.15) is 11.6 Å². The third-order valence-corrected chi connectivity index (χ3v) is 4.92. The van der Waals surface area contributed by atoms with E-state index in [-0.39, 0.29) is 17.6 Å². The Hall–Kier alpha value is -1.94. The summed E-state index contributed by atoms with van der Waals surface area (Å²) in [4.78, 5) is 4.96. The molecular formula is C23H32FNO2. The molecule has 0 aliphatic heterocycles. The van der Waals surface area contributed by atoms with Crippen molar-refractivity contribution in [2.24, 2.45) is 0 Å². The van der Waals surface area contributed by atoms with Crippen molar-refractivity contribution in [2.75, 3.05) is 0 Å². The van der Waals surface area contributed by atoms with Crippen molar-refractivity contribution in [3.63, 3.8) is 0 Å². The number of halogens is 1. The number of aliphatic hydroxyl groups is 1. The maximum Gasteiger partial charge on any atom is 0.126 e. The van der Waals surface area contributed by atoms with Crippen LogP contribution >= 0.6 is 0 Å². The molecule has 0 unspecified atom stereocenters. The molecule has 0 aliphatic carbocycles. The minimum atomic E-state index is -0.740. The molecule has 2 aromatic rings. The van der Waals surface area contributed by atoms with Crippen LogP contribution in [0.15, 0.2) is 18.2 Å². The van der Waals surface area contributed by atoms with E-state index < -0.39 is 11.9 Å². The maximum atomic E-state index is 13.6. The highest BCUT2D eigenvalue weighted by atomic mass is 19.1. The van der Waals surface area contributed by atoms with Crippen LogP contribution in [-0.2, 0) is 6.42 Å². The second-order valence-electron chi connectivity index (χ2n) is 7.90. The smallest absolute Gasteiger partial charge is 0.126 e. The van der Waals surface area contributed by atoms with E-state index >= 15 is 0 Å². The number of aliphatic hydroxyl groups excluding tert-OH is 1. The molecular weight excluding hydrogens is 341 g/mol. The van der Waals surface area contributed by atoms with E-state index in [1.54, 1.807) is 13.0 Å². The Balaban J connectivity index is 2.97. The molecule has 1 aromatic heterocycles. The van der Waals surface area contributed by atoms with Crippen LogP contribution in [0.3, 0.4) is 0 Å². The minimum Gasteiger partial charge on any atom is -0.507 e. The summed E-state index contributed by atoms with van der Waals surface area (Å²) in [5, 5.41) is 21.1. The predicted octanol–water partition coefficient (Wildman–Crippen LogP) is 6.24. The highest BCUT2D eigenvalue weighted by Crippen LogP contribution is 2.43. The van der Waals surface area contributed by atoms with E-state index in [0.29, 0.717) is 5.56 Å². The fraction of sp³-hybridized carbons (Fsp3) is 0.522. The van der Waals surface area contributed by atoms with Crippen molar-refractivity contribution in [2.45, 2.75) is 78.7 Å². The lowest BCUT2D eigenvalue weighted by Gasteiger charge is -2.26. The zero-order valence-electron chi connectivity index (χ0n) is 17.3. The fourth-order valence-electron chi connectivity index (χ4n) is 3.65. The molecule has 3 nitrogen and oxygen atoms in total. The zero-order valence-corrected chi connectivity index (χ0v) is 17.3. The molecule has 2 rings (SSSR count). The Bertz CT molecular complexity index is 797. The Kier molecular flexibility index (Phi) is 6.99. The number of rotatable bonds is 7. The number of nitrogens with zero attached hydrogens (tertiary/aromatic N) is 1. The molecule has 1 atom stereocenters. The summed E-state index contributed by atoms with van der Waals surface area (Å²) in [5.74, 6) is -0.259. The van der Waals surface area contributed by atoms with E-state index in [1.165, 1.54) is 6.07 Å². The number of aromatic nitrogens is 1. The van der Waals surface area contributed by atoms with Gasteiger partial charge in [-0.1, -0.05) is 41.0 Å². The molecule has 0 aliphatic rings. The van der Waals surface area contributed by atoms with Crippen LogP contribution < -0.4 is 0 Å². The molecule has 4 heteroatoms. The fourth-order valence-corrected chi connectivity index (χ4v) is 3.65. The van der Waals surface area contributed by atoms with Crippen molar-refractivity contribution in [3.05, 3.63) is 46.5 Å². The van der Waals surface area contributed by atoms with Crippen LogP contribution in [-0.4, -0.2) is 15.2 Å².